The van der Waals surface area contributed by atoms with E-state index in [4.69, 9.17) is 16.3 Å². The van der Waals surface area contributed by atoms with Crippen LogP contribution in [0.3, 0.4) is 0 Å². The zero-order valence-electron chi connectivity index (χ0n) is 17.3. The Bertz CT molecular complexity index is 1260. The van der Waals surface area contributed by atoms with E-state index in [1.165, 1.54) is 24.4 Å². The molecule has 10 heteroatoms. The lowest BCUT2D eigenvalue weighted by atomic mass is 10.2. The summed E-state index contributed by atoms with van der Waals surface area (Å²) in [7, 11) is -3.95. The van der Waals surface area contributed by atoms with Crippen LogP contribution in [0.4, 0.5) is 11.5 Å². The summed E-state index contributed by atoms with van der Waals surface area (Å²) in [5, 5.41) is 2.88. The van der Waals surface area contributed by atoms with Crippen LogP contribution in [-0.4, -0.2) is 31.9 Å². The second-order valence-electron chi connectivity index (χ2n) is 6.91. The molecule has 0 saturated heterocycles. The Morgan fingerprint density at radius 1 is 1.06 bits per heavy atom. The third-order valence-corrected chi connectivity index (χ3v) is 6.08. The van der Waals surface area contributed by atoms with Crippen LogP contribution < -0.4 is 10.0 Å². The Morgan fingerprint density at radius 2 is 1.81 bits per heavy atom. The maximum absolute atomic E-state index is 12.9. The Morgan fingerprint density at radius 3 is 2.53 bits per heavy atom. The first kappa shape index (κ1) is 23.2. The molecule has 2 aromatic carbocycles. The summed E-state index contributed by atoms with van der Waals surface area (Å²) < 4.78 is 33.3. The summed E-state index contributed by atoms with van der Waals surface area (Å²) in [5.41, 5.74) is 1.36. The van der Waals surface area contributed by atoms with Crippen LogP contribution in [0.15, 0.2) is 65.7 Å². The van der Waals surface area contributed by atoms with Gasteiger partial charge in [-0.15, -0.1) is 0 Å². The molecule has 0 fully saturated rings. The van der Waals surface area contributed by atoms with Crippen LogP contribution >= 0.6 is 11.6 Å². The van der Waals surface area contributed by atoms with Crippen molar-refractivity contribution in [1.29, 1.82) is 0 Å². The normalized spacial score (nSPS) is 11.0. The number of amides is 1. The van der Waals surface area contributed by atoms with E-state index in [2.05, 4.69) is 15.0 Å². The Labute approximate surface area is 190 Å². The number of sulfonamides is 1. The molecule has 2 N–H and O–H groups in total. The number of hydrogen-bond donors (Lipinski definition) is 2. The quantitative estimate of drug-likeness (QED) is 0.502. The summed E-state index contributed by atoms with van der Waals surface area (Å²) in [6.45, 7) is 2.89. The highest BCUT2D eigenvalue weighted by molar-refractivity contribution is 7.92. The van der Waals surface area contributed by atoms with E-state index in [9.17, 15) is 18.0 Å². The molecule has 1 amide bonds. The highest BCUT2D eigenvalue weighted by Gasteiger charge is 2.21. The number of benzene rings is 2. The van der Waals surface area contributed by atoms with Gasteiger partial charge in [0.2, 0.25) is 0 Å². The first-order valence-electron chi connectivity index (χ1n) is 9.43. The number of rotatable bonds is 7. The largest absolute Gasteiger partial charge is 0.452 e. The minimum atomic E-state index is -3.95. The first-order valence-corrected chi connectivity index (χ1v) is 11.3. The van der Waals surface area contributed by atoms with Crippen molar-refractivity contribution in [3.05, 3.63) is 82.5 Å². The Kier molecular flexibility index (Phi) is 7.12. The number of esters is 1. The topological polar surface area (TPSA) is 114 Å². The third kappa shape index (κ3) is 5.83. The lowest BCUT2D eigenvalue weighted by molar-refractivity contribution is -0.119. The Balaban J connectivity index is 1.71. The second kappa shape index (κ2) is 9.80. The van der Waals surface area contributed by atoms with Gasteiger partial charge in [0, 0.05) is 6.20 Å². The molecule has 0 aliphatic heterocycles. The monoisotopic (exact) mass is 473 g/mol. The van der Waals surface area contributed by atoms with Crippen molar-refractivity contribution >= 4 is 45.0 Å². The molecule has 3 aromatic rings. The summed E-state index contributed by atoms with van der Waals surface area (Å²) in [5.74, 6) is -1.22. The summed E-state index contributed by atoms with van der Waals surface area (Å²) in [4.78, 5) is 28.6. The van der Waals surface area contributed by atoms with Gasteiger partial charge in [-0.2, -0.15) is 0 Å². The number of aromatic nitrogens is 1. The van der Waals surface area contributed by atoms with Gasteiger partial charge in [-0.25, -0.2) is 18.2 Å². The number of aryl methyl sites for hydroxylation is 2. The van der Waals surface area contributed by atoms with E-state index in [0.29, 0.717) is 10.6 Å². The summed E-state index contributed by atoms with van der Waals surface area (Å²) >= 11 is 5.74. The SMILES string of the molecule is Cc1ccc(C)c(S(=O)(=O)Nc2ccccc2C(=O)OCC(=O)Nc2ccc(Cl)cn2)c1. The van der Waals surface area contributed by atoms with Crippen molar-refractivity contribution in [3.63, 3.8) is 0 Å². The van der Waals surface area contributed by atoms with Gasteiger partial charge in [0.25, 0.3) is 15.9 Å². The van der Waals surface area contributed by atoms with Gasteiger partial charge in [-0.1, -0.05) is 35.9 Å². The fourth-order valence-electron chi connectivity index (χ4n) is 2.78. The smallest absolute Gasteiger partial charge is 0.340 e. The number of anilines is 2. The molecule has 3 rings (SSSR count). The second-order valence-corrected chi connectivity index (χ2v) is 8.99. The number of hydrogen-bond acceptors (Lipinski definition) is 6. The zero-order chi connectivity index (χ0) is 23.3. The standard InChI is InChI=1S/C22H20ClN3O5S/c1-14-7-8-15(2)19(11-14)32(29,30)26-18-6-4-3-5-17(18)22(28)31-13-21(27)25-20-10-9-16(23)12-24-20/h3-12,26H,13H2,1-2H3,(H,24,25,27). The van der Waals surface area contributed by atoms with Gasteiger partial charge < -0.3 is 10.1 Å². The molecule has 0 aliphatic carbocycles. The van der Waals surface area contributed by atoms with Crippen LogP contribution in [0, 0.1) is 13.8 Å². The average molecular weight is 474 g/mol. The predicted molar refractivity (Wildman–Crippen MR) is 121 cm³/mol. The molecule has 8 nitrogen and oxygen atoms in total. The molecule has 0 bridgehead atoms. The molecular formula is C22H20ClN3O5S. The molecule has 0 spiro atoms. The maximum atomic E-state index is 12.9. The molecule has 32 heavy (non-hydrogen) atoms. The molecule has 0 radical (unpaired) electrons. The van der Waals surface area contributed by atoms with Gasteiger partial charge in [0.1, 0.15) is 5.82 Å². The van der Waals surface area contributed by atoms with E-state index in [-0.39, 0.29) is 22.0 Å². The fraction of sp³-hybridized carbons (Fsp3) is 0.136. The number of para-hydroxylation sites is 1. The minimum absolute atomic E-state index is 0.0289. The highest BCUT2D eigenvalue weighted by atomic mass is 35.5. The van der Waals surface area contributed by atoms with Crippen LogP contribution in [0.2, 0.25) is 5.02 Å². The number of ether oxygens (including phenoxy) is 1. The Hall–Kier alpha value is -3.43. The number of halogens is 1. The van der Waals surface area contributed by atoms with Crippen molar-refractivity contribution in [2.45, 2.75) is 18.7 Å². The average Bonchev–Trinajstić information content (AvgIpc) is 2.75. The molecule has 166 valence electrons. The lowest BCUT2D eigenvalue weighted by Gasteiger charge is -2.14. The van der Waals surface area contributed by atoms with Crippen LogP contribution in [0.1, 0.15) is 21.5 Å². The molecular weight excluding hydrogens is 454 g/mol. The van der Waals surface area contributed by atoms with Crippen LogP contribution in [0.5, 0.6) is 0 Å². The first-order chi connectivity index (χ1) is 15.2. The van der Waals surface area contributed by atoms with Crippen molar-refractivity contribution < 1.29 is 22.7 Å². The molecule has 1 aromatic heterocycles. The molecule has 0 saturated carbocycles. The maximum Gasteiger partial charge on any atom is 0.340 e. The van der Waals surface area contributed by atoms with Gasteiger partial charge in [0.15, 0.2) is 6.61 Å². The number of nitrogens with one attached hydrogen (secondary N) is 2. The van der Waals surface area contributed by atoms with E-state index in [1.807, 2.05) is 6.07 Å². The van der Waals surface area contributed by atoms with Gasteiger partial charge in [-0.05, 0) is 55.3 Å². The summed E-state index contributed by atoms with van der Waals surface area (Å²) in [6, 6.07) is 14.1. The third-order valence-electron chi connectivity index (χ3n) is 4.35. The number of pyridine rings is 1. The van der Waals surface area contributed by atoms with Crippen molar-refractivity contribution in [2.75, 3.05) is 16.6 Å². The molecule has 0 unspecified atom stereocenters. The van der Waals surface area contributed by atoms with Gasteiger partial charge >= 0.3 is 5.97 Å². The van der Waals surface area contributed by atoms with Gasteiger partial charge in [-0.3, -0.25) is 9.52 Å². The van der Waals surface area contributed by atoms with Crippen molar-refractivity contribution in [1.82, 2.24) is 4.98 Å². The van der Waals surface area contributed by atoms with Crippen LogP contribution in [-0.2, 0) is 19.6 Å². The molecule has 0 atom stereocenters. The number of carbonyl (C=O) groups excluding carboxylic acids is 2. The molecule has 1 heterocycles. The van der Waals surface area contributed by atoms with E-state index >= 15 is 0 Å². The number of nitrogens with zero attached hydrogens (tertiary/aromatic N) is 1. The molecule has 0 aliphatic rings. The predicted octanol–water partition coefficient (Wildman–Crippen LogP) is 3.95. The van der Waals surface area contributed by atoms with Crippen molar-refractivity contribution in [3.8, 4) is 0 Å². The van der Waals surface area contributed by atoms with E-state index in [0.717, 1.165) is 5.56 Å². The number of carbonyl (C=O) groups is 2. The van der Waals surface area contributed by atoms with Crippen molar-refractivity contribution in [2.24, 2.45) is 0 Å². The van der Waals surface area contributed by atoms with Gasteiger partial charge in [0.05, 0.1) is 21.2 Å². The van der Waals surface area contributed by atoms with Crippen LogP contribution in [0.25, 0.3) is 0 Å². The fourth-order valence-corrected chi connectivity index (χ4v) is 4.31. The lowest BCUT2D eigenvalue weighted by Crippen LogP contribution is -2.22. The van der Waals surface area contributed by atoms with E-state index < -0.39 is 28.5 Å². The highest BCUT2D eigenvalue weighted by Crippen LogP contribution is 2.23. The minimum Gasteiger partial charge on any atom is -0.452 e. The zero-order valence-corrected chi connectivity index (χ0v) is 18.8. The summed E-state index contributed by atoms with van der Waals surface area (Å²) in [6.07, 6.45) is 1.36. The van der Waals surface area contributed by atoms with E-state index in [1.54, 1.807) is 44.2 Å².